The van der Waals surface area contributed by atoms with Crippen molar-refractivity contribution in [3.8, 4) is 0 Å². The summed E-state index contributed by atoms with van der Waals surface area (Å²) in [6.45, 7) is 4.63. The van der Waals surface area contributed by atoms with E-state index in [9.17, 15) is 23.2 Å². The lowest BCUT2D eigenvalue weighted by atomic mass is 9.92. The second-order valence-corrected chi connectivity index (χ2v) is 8.73. The SMILES string of the molecule is CC(=O)N(c1cccc(C)c1)c1nc(CN2C(=O)NC(C)(c3ccc(F)c(F)c3)C2=O)cs1. The molecule has 0 radical (unpaired) electrons. The Balaban J connectivity index is 1.59. The van der Waals surface area contributed by atoms with Crippen LogP contribution >= 0.6 is 11.3 Å². The highest BCUT2D eigenvalue weighted by Crippen LogP contribution is 2.33. The average Bonchev–Trinajstić information content (AvgIpc) is 3.29. The molecule has 1 N–H and O–H groups in total. The zero-order valence-corrected chi connectivity index (χ0v) is 18.9. The largest absolute Gasteiger partial charge is 0.325 e. The lowest BCUT2D eigenvalue weighted by molar-refractivity contribution is -0.131. The molecule has 0 spiro atoms. The number of imide groups is 1. The number of aryl methyl sites for hydroxylation is 1. The van der Waals surface area contributed by atoms with Crippen molar-refractivity contribution in [2.45, 2.75) is 32.9 Å². The molecule has 1 fully saturated rings. The minimum atomic E-state index is -1.54. The number of carbonyl (C=O) groups excluding carboxylic acids is 3. The van der Waals surface area contributed by atoms with E-state index >= 15 is 0 Å². The lowest BCUT2D eigenvalue weighted by Crippen LogP contribution is -2.41. The van der Waals surface area contributed by atoms with E-state index in [2.05, 4.69) is 10.3 Å². The zero-order chi connectivity index (χ0) is 23.9. The minimum absolute atomic E-state index is 0.128. The lowest BCUT2D eigenvalue weighted by Gasteiger charge is -2.22. The van der Waals surface area contributed by atoms with Gasteiger partial charge < -0.3 is 5.32 Å². The van der Waals surface area contributed by atoms with Gasteiger partial charge in [-0.25, -0.2) is 18.6 Å². The number of benzene rings is 2. The van der Waals surface area contributed by atoms with Gasteiger partial charge in [-0.2, -0.15) is 0 Å². The van der Waals surface area contributed by atoms with Crippen LogP contribution in [0.5, 0.6) is 0 Å². The predicted octanol–water partition coefficient (Wildman–Crippen LogP) is 4.38. The van der Waals surface area contributed by atoms with Crippen LogP contribution < -0.4 is 10.2 Å². The molecule has 1 unspecified atom stereocenters. The molecule has 0 saturated carbocycles. The molecular formula is C23H20F2N4O3S. The van der Waals surface area contributed by atoms with Crippen LogP contribution in [-0.4, -0.2) is 27.7 Å². The van der Waals surface area contributed by atoms with Gasteiger partial charge in [-0.15, -0.1) is 11.3 Å². The Morgan fingerprint density at radius 3 is 2.61 bits per heavy atom. The fraction of sp³-hybridized carbons (Fsp3) is 0.217. The maximum Gasteiger partial charge on any atom is 0.325 e. The number of hydrogen-bond donors (Lipinski definition) is 1. The van der Waals surface area contributed by atoms with E-state index in [-0.39, 0.29) is 18.0 Å². The van der Waals surface area contributed by atoms with Crippen LogP contribution in [0.4, 0.5) is 24.4 Å². The summed E-state index contributed by atoms with van der Waals surface area (Å²) >= 11 is 1.21. The highest BCUT2D eigenvalue weighted by Gasteiger charge is 2.49. The number of hydrogen-bond acceptors (Lipinski definition) is 5. The zero-order valence-electron chi connectivity index (χ0n) is 18.1. The number of carbonyl (C=O) groups is 3. The molecule has 4 amide bonds. The molecule has 0 bridgehead atoms. The van der Waals surface area contributed by atoms with Crippen LogP contribution in [-0.2, 0) is 21.7 Å². The molecule has 1 aromatic heterocycles. The standard InChI is InChI=1S/C23H20F2N4O3S/c1-13-5-4-6-17(9-13)29(14(2)30)22-26-16(12-33-22)11-28-20(31)23(3,27-21(28)32)15-7-8-18(24)19(25)10-15/h4-10,12H,11H2,1-3H3,(H,27,32). The Morgan fingerprint density at radius 1 is 1.18 bits per heavy atom. The molecule has 4 rings (SSSR count). The third-order valence-corrected chi connectivity index (χ3v) is 6.27. The summed E-state index contributed by atoms with van der Waals surface area (Å²) in [4.78, 5) is 44.8. The van der Waals surface area contributed by atoms with Gasteiger partial charge in [-0.1, -0.05) is 18.2 Å². The maximum atomic E-state index is 13.7. The van der Waals surface area contributed by atoms with Crippen LogP contribution in [0.15, 0.2) is 47.8 Å². The van der Waals surface area contributed by atoms with Crippen LogP contribution in [0.2, 0.25) is 0 Å². The number of nitrogens with zero attached hydrogens (tertiary/aromatic N) is 3. The van der Waals surface area contributed by atoms with E-state index in [1.807, 2.05) is 25.1 Å². The molecule has 170 valence electrons. The summed E-state index contributed by atoms with van der Waals surface area (Å²) in [5.41, 5.74) is 0.628. The van der Waals surface area contributed by atoms with Crippen LogP contribution in [0.3, 0.4) is 0 Å². The van der Waals surface area contributed by atoms with Gasteiger partial charge >= 0.3 is 6.03 Å². The van der Waals surface area contributed by atoms with Crippen molar-refractivity contribution >= 4 is 40.0 Å². The first-order chi connectivity index (χ1) is 15.6. The smallest absolute Gasteiger partial charge is 0.319 e. The molecule has 7 nitrogen and oxygen atoms in total. The number of amides is 4. The van der Waals surface area contributed by atoms with Crippen molar-refractivity contribution in [3.05, 3.63) is 76.3 Å². The summed E-state index contributed by atoms with van der Waals surface area (Å²) in [5, 5.41) is 4.62. The molecule has 10 heteroatoms. The topological polar surface area (TPSA) is 82.6 Å². The quantitative estimate of drug-likeness (QED) is 0.561. The van der Waals surface area contributed by atoms with Crippen molar-refractivity contribution < 1.29 is 23.2 Å². The van der Waals surface area contributed by atoms with E-state index < -0.39 is 29.1 Å². The van der Waals surface area contributed by atoms with Crippen molar-refractivity contribution in [1.82, 2.24) is 15.2 Å². The van der Waals surface area contributed by atoms with Crippen LogP contribution in [0.25, 0.3) is 0 Å². The molecule has 33 heavy (non-hydrogen) atoms. The third-order valence-electron chi connectivity index (χ3n) is 5.40. The number of nitrogens with one attached hydrogen (secondary N) is 1. The first-order valence-electron chi connectivity index (χ1n) is 10.0. The first-order valence-corrected chi connectivity index (χ1v) is 10.9. The van der Waals surface area contributed by atoms with Gasteiger partial charge in [0.2, 0.25) is 5.91 Å². The Morgan fingerprint density at radius 2 is 1.94 bits per heavy atom. The van der Waals surface area contributed by atoms with Gasteiger partial charge in [0, 0.05) is 12.3 Å². The van der Waals surface area contributed by atoms with E-state index in [0.717, 1.165) is 22.6 Å². The molecular weight excluding hydrogens is 450 g/mol. The summed E-state index contributed by atoms with van der Waals surface area (Å²) in [5.74, 6) is -3.01. The Kier molecular flexibility index (Phi) is 5.71. The van der Waals surface area contributed by atoms with Gasteiger partial charge in [-0.05, 0) is 49.2 Å². The van der Waals surface area contributed by atoms with Gasteiger partial charge in [0.15, 0.2) is 16.8 Å². The predicted molar refractivity (Wildman–Crippen MR) is 119 cm³/mol. The molecule has 1 atom stereocenters. The second-order valence-electron chi connectivity index (χ2n) is 7.89. The van der Waals surface area contributed by atoms with Crippen molar-refractivity contribution in [2.24, 2.45) is 0 Å². The molecule has 0 aliphatic carbocycles. The minimum Gasteiger partial charge on any atom is -0.319 e. The number of halogens is 2. The van der Waals surface area contributed by atoms with E-state index in [1.54, 1.807) is 11.4 Å². The van der Waals surface area contributed by atoms with Crippen molar-refractivity contribution in [3.63, 3.8) is 0 Å². The molecule has 3 aromatic rings. The number of aromatic nitrogens is 1. The number of urea groups is 1. The summed E-state index contributed by atoms with van der Waals surface area (Å²) in [6, 6.07) is 9.78. The van der Waals surface area contributed by atoms with Crippen LogP contribution in [0.1, 0.15) is 30.7 Å². The first kappa shape index (κ1) is 22.5. The highest BCUT2D eigenvalue weighted by atomic mass is 32.1. The average molecular weight is 471 g/mol. The normalized spacial score (nSPS) is 17.9. The Labute approximate surface area is 192 Å². The highest BCUT2D eigenvalue weighted by molar-refractivity contribution is 7.14. The van der Waals surface area contributed by atoms with Gasteiger partial charge in [0.25, 0.3) is 5.91 Å². The summed E-state index contributed by atoms with van der Waals surface area (Å²) in [6.07, 6.45) is 0. The van der Waals surface area contributed by atoms with Crippen molar-refractivity contribution in [2.75, 3.05) is 4.90 Å². The molecule has 1 aliphatic heterocycles. The number of thiazole rings is 1. The summed E-state index contributed by atoms with van der Waals surface area (Å²) in [7, 11) is 0. The third kappa shape index (κ3) is 4.09. The fourth-order valence-corrected chi connectivity index (χ4v) is 4.55. The van der Waals surface area contributed by atoms with E-state index in [4.69, 9.17) is 0 Å². The number of anilines is 2. The molecule has 2 heterocycles. The van der Waals surface area contributed by atoms with Gasteiger partial charge in [0.1, 0.15) is 5.54 Å². The Hall–Kier alpha value is -3.66. The molecule has 1 aliphatic rings. The van der Waals surface area contributed by atoms with E-state index in [0.29, 0.717) is 16.5 Å². The van der Waals surface area contributed by atoms with Crippen LogP contribution in [0, 0.1) is 18.6 Å². The number of rotatable bonds is 5. The summed E-state index contributed by atoms with van der Waals surface area (Å²) < 4.78 is 27.1. The fourth-order valence-electron chi connectivity index (χ4n) is 3.67. The van der Waals surface area contributed by atoms with Crippen molar-refractivity contribution in [1.29, 1.82) is 0 Å². The second kappa shape index (κ2) is 8.36. The van der Waals surface area contributed by atoms with E-state index in [1.165, 1.54) is 36.2 Å². The monoisotopic (exact) mass is 470 g/mol. The van der Waals surface area contributed by atoms with Gasteiger partial charge in [0.05, 0.1) is 17.9 Å². The van der Waals surface area contributed by atoms with Gasteiger partial charge in [-0.3, -0.25) is 19.4 Å². The Bertz CT molecular complexity index is 1280. The maximum absolute atomic E-state index is 13.7. The molecule has 2 aromatic carbocycles. The molecule has 1 saturated heterocycles.